The summed E-state index contributed by atoms with van der Waals surface area (Å²) in [6.45, 7) is 6.09. The van der Waals surface area contributed by atoms with Gasteiger partial charge in [0, 0.05) is 12.1 Å². The SMILES string of the molecule is Cc1noc(C)c1S(=O)(=O)NC1(C(=O)NC2CCNC(C)C2)CCCC1.Cl. The van der Waals surface area contributed by atoms with E-state index >= 15 is 0 Å². The Kier molecular flexibility index (Phi) is 6.94. The average Bonchev–Trinajstić information content (AvgIpc) is 3.14. The lowest BCUT2D eigenvalue weighted by molar-refractivity contribution is -0.127. The second-order valence-electron chi connectivity index (χ2n) is 7.60. The van der Waals surface area contributed by atoms with Crippen molar-refractivity contribution < 1.29 is 17.7 Å². The second kappa shape index (κ2) is 8.46. The fourth-order valence-corrected chi connectivity index (χ4v) is 5.86. The Balaban J connectivity index is 0.00000261. The third-order valence-electron chi connectivity index (χ3n) is 5.42. The molecule has 1 aliphatic carbocycles. The largest absolute Gasteiger partial charge is 0.360 e. The molecule has 3 rings (SSSR count). The second-order valence-corrected chi connectivity index (χ2v) is 9.22. The Morgan fingerprint density at radius 2 is 1.96 bits per heavy atom. The summed E-state index contributed by atoms with van der Waals surface area (Å²) in [5, 5.41) is 10.2. The number of piperidine rings is 1. The number of halogens is 1. The van der Waals surface area contributed by atoms with E-state index in [-0.39, 0.29) is 35.0 Å². The van der Waals surface area contributed by atoms with Gasteiger partial charge in [0.15, 0.2) is 5.76 Å². The number of rotatable bonds is 5. The monoisotopic (exact) mass is 420 g/mol. The summed E-state index contributed by atoms with van der Waals surface area (Å²) in [5.41, 5.74) is -0.793. The van der Waals surface area contributed by atoms with Crippen molar-refractivity contribution in [2.24, 2.45) is 0 Å². The van der Waals surface area contributed by atoms with Crippen molar-refractivity contribution in [3.8, 4) is 0 Å². The molecule has 1 saturated heterocycles. The highest BCUT2D eigenvalue weighted by atomic mass is 35.5. The minimum absolute atomic E-state index is 0. The molecule has 3 N–H and O–H groups in total. The quantitative estimate of drug-likeness (QED) is 0.666. The van der Waals surface area contributed by atoms with Crippen LogP contribution in [0.4, 0.5) is 0 Å². The summed E-state index contributed by atoms with van der Waals surface area (Å²) < 4.78 is 33.6. The zero-order chi connectivity index (χ0) is 18.9. The molecule has 0 spiro atoms. The maximum atomic E-state index is 13.1. The Morgan fingerprint density at radius 3 is 2.52 bits per heavy atom. The molecule has 10 heteroatoms. The first-order valence-electron chi connectivity index (χ1n) is 9.25. The number of nitrogens with zero attached hydrogens (tertiary/aromatic N) is 1. The Labute approximate surface area is 166 Å². The summed E-state index contributed by atoms with van der Waals surface area (Å²) in [6.07, 6.45) is 4.34. The normalized spacial score (nSPS) is 25.0. The van der Waals surface area contributed by atoms with Crippen LogP contribution in [0.25, 0.3) is 0 Å². The first-order chi connectivity index (χ1) is 12.2. The van der Waals surface area contributed by atoms with Gasteiger partial charge in [0.25, 0.3) is 0 Å². The predicted molar refractivity (Wildman–Crippen MR) is 103 cm³/mol. The van der Waals surface area contributed by atoms with E-state index in [0.717, 1.165) is 32.2 Å². The number of aromatic nitrogens is 1. The van der Waals surface area contributed by atoms with Crippen LogP contribution in [-0.2, 0) is 14.8 Å². The Morgan fingerprint density at radius 1 is 1.30 bits per heavy atom. The summed E-state index contributed by atoms with van der Waals surface area (Å²) in [7, 11) is -3.90. The molecule has 1 aromatic heterocycles. The zero-order valence-electron chi connectivity index (χ0n) is 16.0. The van der Waals surface area contributed by atoms with Crippen LogP contribution in [-0.4, -0.2) is 43.6 Å². The molecule has 2 unspecified atom stereocenters. The standard InChI is InChI=1S/C17H28N4O4S.ClH/c1-11-10-14(6-9-18-11)19-16(22)17(7-4-5-8-17)21-26(23,24)15-12(2)20-25-13(15)3;/h11,14,18,21H,4-10H2,1-3H3,(H,19,22);1H. The number of amides is 1. The van der Waals surface area contributed by atoms with E-state index in [9.17, 15) is 13.2 Å². The van der Waals surface area contributed by atoms with Gasteiger partial charge in [-0.25, -0.2) is 8.42 Å². The van der Waals surface area contributed by atoms with Crippen molar-refractivity contribution >= 4 is 28.3 Å². The van der Waals surface area contributed by atoms with Crippen molar-refractivity contribution in [1.82, 2.24) is 20.5 Å². The third kappa shape index (κ3) is 4.64. The van der Waals surface area contributed by atoms with E-state index in [2.05, 4.69) is 27.4 Å². The molecule has 1 aliphatic heterocycles. The van der Waals surface area contributed by atoms with Crippen LogP contribution in [0.15, 0.2) is 9.42 Å². The maximum absolute atomic E-state index is 13.1. The lowest BCUT2D eigenvalue weighted by atomic mass is 9.95. The molecule has 1 aromatic rings. The number of hydrogen-bond donors (Lipinski definition) is 3. The predicted octanol–water partition coefficient (Wildman–Crippen LogP) is 1.56. The molecule has 1 amide bonds. The number of nitrogens with one attached hydrogen (secondary N) is 3. The van der Waals surface area contributed by atoms with Crippen LogP contribution in [0.5, 0.6) is 0 Å². The van der Waals surface area contributed by atoms with E-state index in [4.69, 9.17) is 4.52 Å². The van der Waals surface area contributed by atoms with E-state index in [1.807, 2.05) is 0 Å². The van der Waals surface area contributed by atoms with Crippen LogP contribution in [0, 0.1) is 13.8 Å². The summed E-state index contributed by atoms with van der Waals surface area (Å²) in [5.74, 6) is 0.0140. The molecule has 0 aromatic carbocycles. The van der Waals surface area contributed by atoms with Gasteiger partial charge in [-0.2, -0.15) is 4.72 Å². The smallest absolute Gasteiger partial charge is 0.246 e. The minimum atomic E-state index is -3.90. The van der Waals surface area contributed by atoms with Crippen molar-refractivity contribution in [2.45, 2.75) is 81.8 Å². The van der Waals surface area contributed by atoms with Crippen LogP contribution in [0.3, 0.4) is 0 Å². The van der Waals surface area contributed by atoms with E-state index in [1.54, 1.807) is 13.8 Å². The summed E-state index contributed by atoms with van der Waals surface area (Å²) in [4.78, 5) is 13.1. The number of carbonyl (C=O) groups is 1. The maximum Gasteiger partial charge on any atom is 0.246 e. The highest BCUT2D eigenvalue weighted by Gasteiger charge is 2.46. The lowest BCUT2D eigenvalue weighted by Crippen LogP contribution is -2.60. The molecule has 27 heavy (non-hydrogen) atoms. The van der Waals surface area contributed by atoms with Gasteiger partial charge in [-0.3, -0.25) is 4.79 Å². The fourth-order valence-electron chi connectivity index (χ4n) is 4.11. The zero-order valence-corrected chi connectivity index (χ0v) is 17.6. The fraction of sp³-hybridized carbons (Fsp3) is 0.765. The van der Waals surface area contributed by atoms with Gasteiger partial charge >= 0.3 is 0 Å². The van der Waals surface area contributed by atoms with Crippen molar-refractivity contribution in [1.29, 1.82) is 0 Å². The molecule has 0 bridgehead atoms. The molecular formula is C17H29ClN4O4S. The average molecular weight is 421 g/mol. The van der Waals surface area contributed by atoms with Gasteiger partial charge < -0.3 is 15.2 Å². The van der Waals surface area contributed by atoms with Gasteiger partial charge in [-0.05, 0) is 53.0 Å². The Bertz CT molecular complexity index is 754. The first kappa shape index (κ1) is 22.1. The van der Waals surface area contributed by atoms with Crippen LogP contribution >= 0.6 is 12.4 Å². The Hall–Kier alpha value is -1.16. The van der Waals surface area contributed by atoms with E-state index in [0.29, 0.717) is 24.6 Å². The summed E-state index contributed by atoms with van der Waals surface area (Å²) >= 11 is 0. The van der Waals surface area contributed by atoms with Crippen molar-refractivity contribution in [3.05, 3.63) is 11.5 Å². The number of hydrogen-bond acceptors (Lipinski definition) is 6. The van der Waals surface area contributed by atoms with Gasteiger partial charge in [0.2, 0.25) is 15.9 Å². The number of aryl methyl sites for hydroxylation is 2. The molecule has 154 valence electrons. The minimum Gasteiger partial charge on any atom is -0.360 e. The van der Waals surface area contributed by atoms with Crippen molar-refractivity contribution in [3.63, 3.8) is 0 Å². The first-order valence-corrected chi connectivity index (χ1v) is 10.7. The number of carbonyl (C=O) groups excluding carboxylic acids is 1. The summed E-state index contributed by atoms with van der Waals surface area (Å²) in [6, 6.07) is 0.410. The van der Waals surface area contributed by atoms with E-state index in [1.165, 1.54) is 0 Å². The third-order valence-corrected chi connectivity index (χ3v) is 7.20. The molecule has 2 heterocycles. The molecular weight excluding hydrogens is 392 g/mol. The van der Waals surface area contributed by atoms with Gasteiger partial charge in [-0.15, -0.1) is 12.4 Å². The number of sulfonamides is 1. The van der Waals surface area contributed by atoms with Crippen LogP contribution < -0.4 is 15.4 Å². The highest BCUT2D eigenvalue weighted by Crippen LogP contribution is 2.33. The molecule has 2 fully saturated rings. The molecule has 0 radical (unpaired) electrons. The molecule has 8 nitrogen and oxygen atoms in total. The highest BCUT2D eigenvalue weighted by molar-refractivity contribution is 7.89. The van der Waals surface area contributed by atoms with Gasteiger partial charge in [0.1, 0.15) is 16.1 Å². The topological polar surface area (TPSA) is 113 Å². The molecule has 1 saturated carbocycles. The van der Waals surface area contributed by atoms with Gasteiger partial charge in [-0.1, -0.05) is 18.0 Å². The van der Waals surface area contributed by atoms with Crippen molar-refractivity contribution in [2.75, 3.05) is 6.54 Å². The molecule has 2 atom stereocenters. The lowest BCUT2D eigenvalue weighted by Gasteiger charge is -2.34. The van der Waals surface area contributed by atoms with Gasteiger partial charge in [0.05, 0.1) is 0 Å². The molecule has 2 aliphatic rings. The van der Waals surface area contributed by atoms with Crippen LogP contribution in [0.1, 0.15) is 56.9 Å². The van der Waals surface area contributed by atoms with E-state index < -0.39 is 15.6 Å². The van der Waals surface area contributed by atoms with Crippen LogP contribution in [0.2, 0.25) is 0 Å².